The molecule has 0 radical (unpaired) electrons. The number of anilines is 1. The number of hydrogen-bond donors (Lipinski definition) is 1. The average molecular weight is 496 g/mol. The smallest absolute Gasteiger partial charge is 0.242 e. The van der Waals surface area contributed by atoms with Crippen LogP contribution < -0.4 is 9.62 Å². The molecule has 0 bridgehead atoms. The Bertz CT molecular complexity index is 1080. The number of carbonyl (C=O) groups excluding carboxylic acids is 2. The van der Waals surface area contributed by atoms with Crippen molar-refractivity contribution in [1.82, 2.24) is 10.2 Å². The first-order chi connectivity index (χ1) is 16.1. The van der Waals surface area contributed by atoms with Gasteiger partial charge in [-0.25, -0.2) is 17.2 Å². The fourth-order valence-corrected chi connectivity index (χ4v) is 4.66. The van der Waals surface area contributed by atoms with E-state index in [0.717, 1.165) is 28.3 Å². The number of sulfonamides is 1. The number of amides is 2. The largest absolute Gasteiger partial charge is 0.357 e. The van der Waals surface area contributed by atoms with Gasteiger partial charge in [0, 0.05) is 32.6 Å². The molecule has 0 fully saturated rings. The Balaban J connectivity index is 2.14. The van der Waals surface area contributed by atoms with Crippen LogP contribution in [0.15, 0.2) is 48.5 Å². The lowest BCUT2D eigenvalue weighted by Gasteiger charge is -2.30. The van der Waals surface area contributed by atoms with Gasteiger partial charge in [0.05, 0.1) is 11.9 Å². The van der Waals surface area contributed by atoms with E-state index in [1.807, 2.05) is 37.3 Å². The Hall–Kier alpha value is -3.01. The zero-order valence-electron chi connectivity index (χ0n) is 19.6. The summed E-state index contributed by atoms with van der Waals surface area (Å²) in [5.74, 6) is -2.81. The molecular formula is C24H31F2N3O4S. The summed E-state index contributed by atoms with van der Waals surface area (Å²) in [6.45, 7) is 2.05. The number of benzene rings is 2. The Morgan fingerprint density at radius 1 is 1.03 bits per heavy atom. The zero-order valence-corrected chi connectivity index (χ0v) is 20.4. The molecule has 10 heteroatoms. The van der Waals surface area contributed by atoms with E-state index in [9.17, 15) is 26.8 Å². The highest BCUT2D eigenvalue weighted by molar-refractivity contribution is 7.92. The third-order valence-electron chi connectivity index (χ3n) is 5.46. The molecule has 2 aromatic carbocycles. The lowest BCUT2D eigenvalue weighted by Crippen LogP contribution is -2.49. The predicted molar refractivity (Wildman–Crippen MR) is 128 cm³/mol. The summed E-state index contributed by atoms with van der Waals surface area (Å²) < 4.78 is 52.3. The van der Waals surface area contributed by atoms with Crippen LogP contribution in [0.25, 0.3) is 0 Å². The summed E-state index contributed by atoms with van der Waals surface area (Å²) in [4.78, 5) is 27.0. The molecule has 34 heavy (non-hydrogen) atoms. The number of halogens is 2. The van der Waals surface area contributed by atoms with E-state index in [4.69, 9.17) is 0 Å². The maximum atomic E-state index is 13.7. The monoisotopic (exact) mass is 495 g/mol. The van der Waals surface area contributed by atoms with E-state index in [1.165, 1.54) is 18.0 Å². The van der Waals surface area contributed by atoms with Crippen LogP contribution in [0, 0.1) is 11.6 Å². The second-order valence-electron chi connectivity index (χ2n) is 7.90. The van der Waals surface area contributed by atoms with Gasteiger partial charge in [-0.15, -0.1) is 0 Å². The van der Waals surface area contributed by atoms with Gasteiger partial charge in [-0.2, -0.15) is 0 Å². The number of likely N-dealkylation sites (N-methyl/N-ethyl adjacent to an activating group) is 1. The molecule has 2 aromatic rings. The highest BCUT2D eigenvalue weighted by atomic mass is 32.2. The predicted octanol–water partition coefficient (Wildman–Crippen LogP) is 3.11. The van der Waals surface area contributed by atoms with E-state index in [0.29, 0.717) is 19.4 Å². The van der Waals surface area contributed by atoms with Gasteiger partial charge in [0.2, 0.25) is 21.8 Å². The van der Waals surface area contributed by atoms with Crippen molar-refractivity contribution >= 4 is 27.5 Å². The Labute approximate surface area is 199 Å². The number of carbonyl (C=O) groups is 2. The van der Waals surface area contributed by atoms with E-state index in [-0.39, 0.29) is 36.9 Å². The first-order valence-corrected chi connectivity index (χ1v) is 12.9. The Morgan fingerprint density at radius 2 is 1.71 bits per heavy atom. The van der Waals surface area contributed by atoms with Gasteiger partial charge in [-0.3, -0.25) is 13.9 Å². The van der Waals surface area contributed by atoms with Crippen LogP contribution in [0.2, 0.25) is 0 Å². The fraction of sp³-hybridized carbons (Fsp3) is 0.417. The first kappa shape index (κ1) is 27.2. The summed E-state index contributed by atoms with van der Waals surface area (Å²) >= 11 is 0. The molecule has 0 saturated carbocycles. The summed E-state index contributed by atoms with van der Waals surface area (Å²) in [5, 5.41) is 2.59. The van der Waals surface area contributed by atoms with Gasteiger partial charge in [0.1, 0.15) is 6.04 Å². The Morgan fingerprint density at radius 3 is 2.26 bits per heavy atom. The van der Waals surface area contributed by atoms with E-state index >= 15 is 0 Å². The minimum absolute atomic E-state index is 0.0159. The standard InChI is InChI=1S/C24H31F2N3O4S/c1-4-22(24(31)27-2)28(16-14-18-9-6-5-7-10-18)23(30)11-8-15-29(34(3,32)33)19-12-13-20(25)21(26)17-19/h5-7,9-10,12-13,17,22H,4,8,11,14-16H2,1-3H3,(H,27,31)/t22-/m1/s1. The first-order valence-electron chi connectivity index (χ1n) is 11.1. The van der Waals surface area contributed by atoms with Gasteiger partial charge in [0.25, 0.3) is 0 Å². The summed E-state index contributed by atoms with van der Waals surface area (Å²) in [7, 11) is -2.28. The maximum Gasteiger partial charge on any atom is 0.242 e. The van der Waals surface area contributed by atoms with Crippen molar-refractivity contribution in [2.24, 2.45) is 0 Å². The third kappa shape index (κ3) is 7.51. The quantitative estimate of drug-likeness (QED) is 0.490. The van der Waals surface area contributed by atoms with Gasteiger partial charge >= 0.3 is 0 Å². The highest BCUT2D eigenvalue weighted by Crippen LogP contribution is 2.21. The van der Waals surface area contributed by atoms with Crippen molar-refractivity contribution in [3.05, 3.63) is 65.7 Å². The molecule has 1 N–H and O–H groups in total. The zero-order chi connectivity index (χ0) is 25.3. The van der Waals surface area contributed by atoms with Crippen molar-refractivity contribution in [3.63, 3.8) is 0 Å². The third-order valence-corrected chi connectivity index (χ3v) is 6.65. The SMILES string of the molecule is CC[C@H](C(=O)NC)N(CCc1ccccc1)C(=O)CCCN(c1ccc(F)c(F)c1)S(C)(=O)=O. The number of hydrogen-bond acceptors (Lipinski definition) is 4. The molecular weight excluding hydrogens is 464 g/mol. The molecule has 2 rings (SSSR count). The lowest BCUT2D eigenvalue weighted by atomic mass is 10.1. The second kappa shape index (κ2) is 12.5. The molecule has 0 unspecified atom stereocenters. The van der Waals surface area contributed by atoms with Gasteiger partial charge in [0.15, 0.2) is 11.6 Å². The summed E-state index contributed by atoms with van der Waals surface area (Å²) in [6.07, 6.45) is 2.06. The van der Waals surface area contributed by atoms with Crippen molar-refractivity contribution in [1.29, 1.82) is 0 Å². The van der Waals surface area contributed by atoms with E-state index < -0.39 is 27.7 Å². The van der Waals surface area contributed by atoms with Gasteiger partial charge in [-0.1, -0.05) is 37.3 Å². The van der Waals surface area contributed by atoms with Crippen LogP contribution in [-0.2, 0) is 26.0 Å². The van der Waals surface area contributed by atoms with Crippen LogP contribution in [0.3, 0.4) is 0 Å². The normalized spacial score (nSPS) is 12.1. The van der Waals surface area contributed by atoms with Crippen LogP contribution in [0.4, 0.5) is 14.5 Å². The van der Waals surface area contributed by atoms with Crippen LogP contribution in [0.1, 0.15) is 31.7 Å². The molecule has 0 aliphatic heterocycles. The molecule has 0 aliphatic rings. The van der Waals surface area contributed by atoms with Crippen LogP contribution in [0.5, 0.6) is 0 Å². The molecule has 7 nitrogen and oxygen atoms in total. The minimum atomic E-state index is -3.80. The molecule has 1 atom stereocenters. The van der Waals surface area contributed by atoms with Crippen LogP contribution >= 0.6 is 0 Å². The molecule has 0 aromatic heterocycles. The second-order valence-corrected chi connectivity index (χ2v) is 9.80. The van der Waals surface area contributed by atoms with Crippen LogP contribution in [-0.4, -0.2) is 57.6 Å². The van der Waals surface area contributed by atoms with Crippen molar-refractivity contribution in [2.45, 2.75) is 38.6 Å². The molecule has 0 aliphatic carbocycles. The summed E-state index contributed by atoms with van der Waals surface area (Å²) in [6, 6.07) is 11.8. The van der Waals surface area contributed by atoms with E-state index in [2.05, 4.69) is 5.32 Å². The van der Waals surface area contributed by atoms with Gasteiger partial charge < -0.3 is 10.2 Å². The number of rotatable bonds is 12. The number of nitrogens with one attached hydrogen (secondary N) is 1. The van der Waals surface area contributed by atoms with Crippen molar-refractivity contribution in [2.75, 3.05) is 30.7 Å². The minimum Gasteiger partial charge on any atom is -0.357 e. The van der Waals surface area contributed by atoms with Crippen molar-refractivity contribution < 1.29 is 26.8 Å². The molecule has 2 amide bonds. The topological polar surface area (TPSA) is 86.8 Å². The molecule has 0 heterocycles. The highest BCUT2D eigenvalue weighted by Gasteiger charge is 2.28. The average Bonchev–Trinajstić information content (AvgIpc) is 2.80. The molecule has 186 valence electrons. The number of nitrogens with zero attached hydrogens (tertiary/aromatic N) is 2. The maximum absolute atomic E-state index is 13.7. The van der Waals surface area contributed by atoms with Crippen molar-refractivity contribution in [3.8, 4) is 0 Å². The Kier molecular flexibility index (Phi) is 9.97. The molecule has 0 saturated heterocycles. The molecule has 0 spiro atoms. The van der Waals surface area contributed by atoms with E-state index in [1.54, 1.807) is 0 Å². The summed E-state index contributed by atoms with van der Waals surface area (Å²) in [5.41, 5.74) is 1.00. The fourth-order valence-electron chi connectivity index (χ4n) is 3.71. The van der Waals surface area contributed by atoms with Gasteiger partial charge in [-0.05, 0) is 37.0 Å². The lowest BCUT2D eigenvalue weighted by molar-refractivity contribution is -0.140.